The van der Waals surface area contributed by atoms with Gasteiger partial charge in [0.2, 0.25) is 21.7 Å². The molecule has 1 saturated heterocycles. The Kier molecular flexibility index (Phi) is 6.54. The van der Waals surface area contributed by atoms with Gasteiger partial charge in [0, 0.05) is 25.2 Å². The number of nitrogens with zero attached hydrogens (tertiary/aromatic N) is 2. The fraction of sp³-hybridized carbons (Fsp3) is 0.562. The molecule has 0 atom stereocenters. The van der Waals surface area contributed by atoms with Gasteiger partial charge >= 0.3 is 0 Å². The van der Waals surface area contributed by atoms with Crippen LogP contribution < -0.4 is 18.5 Å². The Hall–Kier alpha value is -2.20. The molecule has 1 aromatic carbocycles. The lowest BCUT2D eigenvalue weighted by Gasteiger charge is -2.30. The second-order valence-corrected chi connectivity index (χ2v) is 7.55. The molecule has 0 saturated carbocycles. The zero-order valence-electron chi connectivity index (χ0n) is 15.4. The van der Waals surface area contributed by atoms with Crippen LogP contribution in [0.5, 0.6) is 17.2 Å². The molecule has 146 valence electrons. The maximum absolute atomic E-state index is 12.5. The number of rotatable bonds is 7. The van der Waals surface area contributed by atoms with Crippen molar-refractivity contribution in [1.29, 1.82) is 0 Å². The molecule has 26 heavy (non-hydrogen) atoms. The van der Waals surface area contributed by atoms with Gasteiger partial charge in [-0.2, -0.15) is 0 Å². The molecule has 0 spiro atoms. The first-order chi connectivity index (χ1) is 12.3. The highest BCUT2D eigenvalue weighted by molar-refractivity contribution is 7.92. The number of sulfonamides is 1. The molecule has 1 aliphatic rings. The van der Waals surface area contributed by atoms with Crippen molar-refractivity contribution in [2.24, 2.45) is 0 Å². The molecule has 0 bridgehead atoms. The van der Waals surface area contributed by atoms with Crippen LogP contribution >= 0.6 is 0 Å². The van der Waals surface area contributed by atoms with Crippen LogP contribution in [0.1, 0.15) is 0 Å². The molecular weight excluding hydrogens is 364 g/mol. The molecular formula is C16H24N2O7S. The minimum Gasteiger partial charge on any atom is -0.493 e. The van der Waals surface area contributed by atoms with E-state index >= 15 is 0 Å². The number of methoxy groups -OCH3 is 3. The molecule has 2 rings (SSSR count). The summed E-state index contributed by atoms with van der Waals surface area (Å²) >= 11 is 0. The van der Waals surface area contributed by atoms with Gasteiger partial charge in [-0.1, -0.05) is 0 Å². The second-order valence-electron chi connectivity index (χ2n) is 5.65. The average molecular weight is 388 g/mol. The van der Waals surface area contributed by atoms with Gasteiger partial charge < -0.3 is 23.8 Å². The Balaban J connectivity index is 2.39. The monoisotopic (exact) mass is 388 g/mol. The van der Waals surface area contributed by atoms with Crippen molar-refractivity contribution in [2.75, 3.05) is 64.7 Å². The summed E-state index contributed by atoms with van der Waals surface area (Å²) in [7, 11) is 0.607. The number of benzene rings is 1. The van der Waals surface area contributed by atoms with Crippen molar-refractivity contribution in [3.63, 3.8) is 0 Å². The predicted octanol–water partition coefficient (Wildman–Crippen LogP) is 0.337. The molecule has 1 aromatic rings. The molecule has 0 aliphatic carbocycles. The van der Waals surface area contributed by atoms with E-state index in [2.05, 4.69) is 0 Å². The van der Waals surface area contributed by atoms with Crippen molar-refractivity contribution < 1.29 is 32.2 Å². The molecule has 10 heteroatoms. The number of morpholine rings is 1. The summed E-state index contributed by atoms with van der Waals surface area (Å²) in [6.45, 7) is 1.43. The van der Waals surface area contributed by atoms with Crippen LogP contribution in [0.15, 0.2) is 12.1 Å². The van der Waals surface area contributed by atoms with Crippen LogP contribution in [-0.4, -0.2) is 79.7 Å². The SMILES string of the molecule is COc1cc(N(CC(=O)N2CCOCC2)S(C)(=O)=O)cc(OC)c1OC. The van der Waals surface area contributed by atoms with Gasteiger partial charge in [0.25, 0.3) is 0 Å². The fourth-order valence-electron chi connectivity index (χ4n) is 2.65. The Morgan fingerprint density at radius 3 is 2.08 bits per heavy atom. The molecule has 0 unspecified atom stereocenters. The maximum Gasteiger partial charge on any atom is 0.243 e. The van der Waals surface area contributed by atoms with Gasteiger partial charge in [0.15, 0.2) is 11.5 Å². The maximum atomic E-state index is 12.5. The van der Waals surface area contributed by atoms with Crippen molar-refractivity contribution in [3.8, 4) is 17.2 Å². The Labute approximate surface area is 153 Å². The zero-order valence-corrected chi connectivity index (χ0v) is 16.2. The van der Waals surface area contributed by atoms with E-state index < -0.39 is 10.0 Å². The Morgan fingerprint density at radius 2 is 1.65 bits per heavy atom. The highest BCUT2D eigenvalue weighted by atomic mass is 32.2. The van der Waals surface area contributed by atoms with Gasteiger partial charge in [-0.25, -0.2) is 8.42 Å². The highest BCUT2D eigenvalue weighted by Crippen LogP contribution is 2.41. The van der Waals surface area contributed by atoms with Gasteiger partial charge in [-0.15, -0.1) is 0 Å². The Morgan fingerprint density at radius 1 is 1.12 bits per heavy atom. The van der Waals surface area contributed by atoms with Crippen molar-refractivity contribution in [2.45, 2.75) is 0 Å². The first-order valence-electron chi connectivity index (χ1n) is 7.95. The average Bonchev–Trinajstić information content (AvgIpc) is 2.64. The fourth-order valence-corrected chi connectivity index (χ4v) is 3.48. The number of anilines is 1. The third kappa shape index (κ3) is 4.50. The molecule has 1 aliphatic heterocycles. The van der Waals surface area contributed by atoms with E-state index in [1.807, 2.05) is 0 Å². The lowest BCUT2D eigenvalue weighted by atomic mass is 10.2. The molecule has 0 aromatic heterocycles. The van der Waals surface area contributed by atoms with Gasteiger partial charge in [0.1, 0.15) is 6.54 Å². The summed E-state index contributed by atoms with van der Waals surface area (Å²) in [4.78, 5) is 14.1. The van der Waals surface area contributed by atoms with Crippen LogP contribution in [0.25, 0.3) is 0 Å². The van der Waals surface area contributed by atoms with E-state index in [9.17, 15) is 13.2 Å². The van der Waals surface area contributed by atoms with Crippen molar-refractivity contribution in [1.82, 2.24) is 4.90 Å². The van der Waals surface area contributed by atoms with E-state index in [1.165, 1.54) is 33.5 Å². The molecule has 9 nitrogen and oxygen atoms in total. The van der Waals surface area contributed by atoms with Crippen LogP contribution in [0, 0.1) is 0 Å². The topological polar surface area (TPSA) is 94.6 Å². The number of carbonyl (C=O) groups is 1. The number of hydrogen-bond acceptors (Lipinski definition) is 7. The highest BCUT2D eigenvalue weighted by Gasteiger charge is 2.27. The Bertz CT molecular complexity index is 720. The third-order valence-electron chi connectivity index (χ3n) is 3.98. The molecule has 1 fully saturated rings. The summed E-state index contributed by atoms with van der Waals surface area (Å²) in [6.07, 6.45) is 1.04. The summed E-state index contributed by atoms with van der Waals surface area (Å²) < 4.78 is 46.7. The minimum atomic E-state index is -3.72. The second kappa shape index (κ2) is 8.45. The predicted molar refractivity (Wildman–Crippen MR) is 95.7 cm³/mol. The van der Waals surface area contributed by atoms with E-state index in [0.717, 1.165) is 10.6 Å². The molecule has 0 radical (unpaired) electrons. The van der Waals surface area contributed by atoms with Crippen LogP contribution in [0.2, 0.25) is 0 Å². The third-order valence-corrected chi connectivity index (χ3v) is 5.12. The summed E-state index contributed by atoms with van der Waals surface area (Å²) in [6, 6.07) is 2.99. The number of hydrogen-bond donors (Lipinski definition) is 0. The van der Waals surface area contributed by atoms with Crippen LogP contribution in [0.3, 0.4) is 0 Å². The van der Waals surface area contributed by atoms with Gasteiger partial charge in [-0.05, 0) is 0 Å². The largest absolute Gasteiger partial charge is 0.493 e. The molecule has 0 N–H and O–H groups in total. The van der Waals surface area contributed by atoms with E-state index in [4.69, 9.17) is 18.9 Å². The number of carbonyl (C=O) groups excluding carboxylic acids is 1. The van der Waals surface area contributed by atoms with Crippen LogP contribution in [-0.2, 0) is 19.6 Å². The summed E-state index contributed by atoms with van der Waals surface area (Å²) in [5, 5.41) is 0. The molecule has 1 amide bonds. The van der Waals surface area contributed by atoms with Gasteiger partial charge in [-0.3, -0.25) is 9.10 Å². The zero-order chi connectivity index (χ0) is 19.3. The standard InChI is InChI=1S/C16H24N2O7S/c1-22-13-9-12(10-14(23-2)16(13)24-3)18(26(4,20)21)11-15(19)17-5-7-25-8-6-17/h9-10H,5-8,11H2,1-4H3. The van der Waals surface area contributed by atoms with Crippen LogP contribution in [0.4, 0.5) is 5.69 Å². The summed E-state index contributed by atoms with van der Waals surface area (Å²) in [5.74, 6) is 0.642. The van der Waals surface area contributed by atoms with Gasteiger partial charge in [0.05, 0.1) is 46.5 Å². The number of amides is 1. The lowest BCUT2D eigenvalue weighted by Crippen LogP contribution is -2.47. The van der Waals surface area contributed by atoms with E-state index in [-0.39, 0.29) is 18.1 Å². The van der Waals surface area contributed by atoms with Crippen molar-refractivity contribution in [3.05, 3.63) is 12.1 Å². The first kappa shape index (κ1) is 20.1. The lowest BCUT2D eigenvalue weighted by molar-refractivity contribution is -0.133. The first-order valence-corrected chi connectivity index (χ1v) is 9.80. The minimum absolute atomic E-state index is 0.253. The normalized spacial score (nSPS) is 14.7. The van der Waals surface area contributed by atoms with E-state index in [1.54, 1.807) is 4.90 Å². The quantitative estimate of drug-likeness (QED) is 0.665. The number of ether oxygens (including phenoxy) is 4. The van der Waals surface area contributed by atoms with E-state index in [0.29, 0.717) is 43.6 Å². The summed E-state index contributed by atoms with van der Waals surface area (Å²) in [5.41, 5.74) is 0.253. The smallest absolute Gasteiger partial charge is 0.243 e. The molecule has 1 heterocycles. The van der Waals surface area contributed by atoms with Crippen molar-refractivity contribution >= 4 is 21.6 Å².